The third-order valence-corrected chi connectivity index (χ3v) is 5.93. The first-order valence-electron chi connectivity index (χ1n) is 12.0. The summed E-state index contributed by atoms with van der Waals surface area (Å²) in [5.74, 6) is -1.09. The smallest absolute Gasteiger partial charge is 0.309 e. The molecular formula is C31H24FN3O3. The molecule has 188 valence electrons. The van der Waals surface area contributed by atoms with Gasteiger partial charge in [-0.2, -0.15) is 9.78 Å². The summed E-state index contributed by atoms with van der Waals surface area (Å²) in [5, 5.41) is 7.65. The molecule has 0 spiro atoms. The first-order chi connectivity index (χ1) is 18.4. The number of nitrogens with one attached hydrogen (secondary N) is 1. The second-order valence-corrected chi connectivity index (χ2v) is 8.78. The Balaban J connectivity index is 1.59. The quantitative estimate of drug-likeness (QED) is 0.257. The van der Waals surface area contributed by atoms with Gasteiger partial charge in [-0.15, -0.1) is 0 Å². The molecular weight excluding hydrogens is 481 g/mol. The number of halogens is 1. The summed E-state index contributed by atoms with van der Waals surface area (Å²) in [5.41, 5.74) is 5.47. The molecule has 0 saturated heterocycles. The number of ether oxygens (including phenoxy) is 1. The molecule has 7 heteroatoms. The van der Waals surface area contributed by atoms with E-state index in [0.717, 1.165) is 22.4 Å². The Bertz CT molecular complexity index is 1610. The molecule has 0 radical (unpaired) electrons. The number of aryl methyl sites for hydroxylation is 1. The van der Waals surface area contributed by atoms with Gasteiger partial charge in [-0.1, -0.05) is 66.2 Å². The molecule has 5 rings (SSSR count). The van der Waals surface area contributed by atoms with Crippen molar-refractivity contribution in [1.82, 2.24) is 9.78 Å². The highest BCUT2D eigenvalue weighted by atomic mass is 19.1. The standard InChI is InChI=1S/C31H24FN3O3/c1-20-11-13-23(14-12-20)29-28(31(38-21(2)36)35(34-29)27-9-4-3-5-10-27)22-15-17-26(18-16-22)33-30(37)24-7-6-8-25(32)19-24/h3-19H,1-2H3,(H,33,37). The van der Waals surface area contributed by atoms with Gasteiger partial charge in [0.1, 0.15) is 11.5 Å². The van der Waals surface area contributed by atoms with Crippen molar-refractivity contribution < 1.29 is 18.7 Å². The van der Waals surface area contributed by atoms with E-state index in [-0.39, 0.29) is 11.4 Å². The van der Waals surface area contributed by atoms with E-state index in [9.17, 15) is 14.0 Å². The molecule has 1 amide bonds. The Morgan fingerprint density at radius 2 is 1.53 bits per heavy atom. The van der Waals surface area contributed by atoms with Crippen molar-refractivity contribution >= 4 is 17.6 Å². The lowest BCUT2D eigenvalue weighted by molar-refractivity contribution is -0.132. The van der Waals surface area contributed by atoms with Gasteiger partial charge >= 0.3 is 5.97 Å². The van der Waals surface area contributed by atoms with Gasteiger partial charge in [-0.3, -0.25) is 9.59 Å². The van der Waals surface area contributed by atoms with E-state index in [0.29, 0.717) is 16.9 Å². The number of hydrogen-bond acceptors (Lipinski definition) is 4. The molecule has 0 aliphatic rings. The van der Waals surface area contributed by atoms with Crippen molar-refractivity contribution in [2.75, 3.05) is 5.32 Å². The van der Waals surface area contributed by atoms with Crippen LogP contribution in [-0.4, -0.2) is 21.7 Å². The maximum atomic E-state index is 13.5. The largest absolute Gasteiger partial charge is 0.407 e. The maximum Gasteiger partial charge on any atom is 0.309 e. The minimum atomic E-state index is -0.481. The zero-order chi connectivity index (χ0) is 26.6. The highest BCUT2D eigenvalue weighted by molar-refractivity contribution is 6.04. The van der Waals surface area contributed by atoms with Crippen LogP contribution in [-0.2, 0) is 4.79 Å². The molecule has 0 unspecified atom stereocenters. The second-order valence-electron chi connectivity index (χ2n) is 8.78. The van der Waals surface area contributed by atoms with E-state index in [2.05, 4.69) is 5.32 Å². The van der Waals surface area contributed by atoms with E-state index < -0.39 is 17.7 Å². The van der Waals surface area contributed by atoms with Gasteiger partial charge in [0.15, 0.2) is 0 Å². The van der Waals surface area contributed by atoms with Crippen LogP contribution >= 0.6 is 0 Å². The summed E-state index contributed by atoms with van der Waals surface area (Å²) in [6, 6.07) is 30.0. The Kier molecular flexibility index (Phi) is 6.82. The Morgan fingerprint density at radius 3 is 2.18 bits per heavy atom. The van der Waals surface area contributed by atoms with Crippen LogP contribution in [0.25, 0.3) is 28.1 Å². The van der Waals surface area contributed by atoms with Crippen molar-refractivity contribution in [3.63, 3.8) is 0 Å². The number of carbonyl (C=O) groups excluding carboxylic acids is 2. The second kappa shape index (κ2) is 10.5. The predicted octanol–water partition coefficient (Wildman–Crippen LogP) is 6.83. The van der Waals surface area contributed by atoms with Gasteiger partial charge in [-0.25, -0.2) is 4.39 Å². The molecule has 0 fully saturated rings. The number of aromatic nitrogens is 2. The van der Waals surface area contributed by atoms with Crippen LogP contribution in [0.2, 0.25) is 0 Å². The van der Waals surface area contributed by atoms with Crippen LogP contribution < -0.4 is 10.1 Å². The number of amides is 1. The molecule has 0 saturated carbocycles. The third-order valence-electron chi connectivity index (χ3n) is 5.93. The van der Waals surface area contributed by atoms with Crippen molar-refractivity contribution in [1.29, 1.82) is 0 Å². The molecule has 38 heavy (non-hydrogen) atoms. The fraction of sp³-hybridized carbons (Fsp3) is 0.0645. The van der Waals surface area contributed by atoms with Crippen LogP contribution in [0.4, 0.5) is 10.1 Å². The zero-order valence-corrected chi connectivity index (χ0v) is 20.8. The average molecular weight is 506 g/mol. The number of benzene rings is 4. The minimum Gasteiger partial charge on any atom is -0.407 e. The fourth-order valence-corrected chi connectivity index (χ4v) is 4.10. The van der Waals surface area contributed by atoms with Gasteiger partial charge < -0.3 is 10.1 Å². The van der Waals surface area contributed by atoms with Crippen molar-refractivity contribution in [2.24, 2.45) is 0 Å². The molecule has 1 heterocycles. The van der Waals surface area contributed by atoms with Crippen LogP contribution in [0.15, 0.2) is 103 Å². The van der Waals surface area contributed by atoms with E-state index in [1.807, 2.05) is 73.7 Å². The zero-order valence-electron chi connectivity index (χ0n) is 20.8. The molecule has 1 N–H and O–H groups in total. The van der Waals surface area contributed by atoms with Crippen molar-refractivity contribution in [2.45, 2.75) is 13.8 Å². The van der Waals surface area contributed by atoms with Crippen LogP contribution in [0.3, 0.4) is 0 Å². The lowest BCUT2D eigenvalue weighted by Crippen LogP contribution is -2.11. The Labute approximate surface area is 219 Å². The lowest BCUT2D eigenvalue weighted by Gasteiger charge is -2.10. The van der Waals surface area contributed by atoms with Gasteiger partial charge in [0.25, 0.3) is 5.91 Å². The summed E-state index contributed by atoms with van der Waals surface area (Å²) in [6.45, 7) is 3.36. The molecule has 0 aliphatic heterocycles. The average Bonchev–Trinajstić information content (AvgIpc) is 3.28. The molecule has 1 aromatic heterocycles. The van der Waals surface area contributed by atoms with E-state index in [4.69, 9.17) is 9.84 Å². The highest BCUT2D eigenvalue weighted by Crippen LogP contribution is 2.41. The number of anilines is 1. The molecule has 4 aromatic carbocycles. The number of rotatable bonds is 6. The first kappa shape index (κ1) is 24.6. The summed E-state index contributed by atoms with van der Waals surface area (Å²) in [7, 11) is 0. The lowest BCUT2D eigenvalue weighted by atomic mass is 10.00. The summed E-state index contributed by atoms with van der Waals surface area (Å²) in [4.78, 5) is 24.7. The molecule has 0 atom stereocenters. The summed E-state index contributed by atoms with van der Waals surface area (Å²) in [6.07, 6.45) is 0. The van der Waals surface area contributed by atoms with E-state index >= 15 is 0 Å². The number of hydrogen-bond donors (Lipinski definition) is 1. The topological polar surface area (TPSA) is 73.2 Å². The molecule has 6 nitrogen and oxygen atoms in total. The van der Waals surface area contributed by atoms with Gasteiger partial charge in [0, 0.05) is 23.7 Å². The number of carbonyl (C=O) groups is 2. The highest BCUT2D eigenvalue weighted by Gasteiger charge is 2.24. The maximum absolute atomic E-state index is 13.5. The van der Waals surface area contributed by atoms with E-state index in [1.54, 1.807) is 22.9 Å². The number of nitrogens with zero attached hydrogens (tertiary/aromatic N) is 2. The van der Waals surface area contributed by atoms with Crippen LogP contribution in [0.5, 0.6) is 5.88 Å². The summed E-state index contributed by atoms with van der Waals surface area (Å²) >= 11 is 0. The van der Waals surface area contributed by atoms with Crippen molar-refractivity contribution in [3.8, 4) is 34.0 Å². The first-order valence-corrected chi connectivity index (χ1v) is 12.0. The monoisotopic (exact) mass is 505 g/mol. The van der Waals surface area contributed by atoms with Gasteiger partial charge in [-0.05, 0) is 55.0 Å². The van der Waals surface area contributed by atoms with Crippen LogP contribution in [0.1, 0.15) is 22.8 Å². The van der Waals surface area contributed by atoms with Gasteiger partial charge in [0.2, 0.25) is 5.88 Å². The normalized spacial score (nSPS) is 10.7. The minimum absolute atomic E-state index is 0.219. The Hall–Kier alpha value is -5.04. The van der Waals surface area contributed by atoms with Gasteiger partial charge in [0.05, 0.1) is 11.3 Å². The molecule has 0 bridgehead atoms. The Morgan fingerprint density at radius 1 is 0.842 bits per heavy atom. The fourth-order valence-electron chi connectivity index (χ4n) is 4.10. The summed E-state index contributed by atoms with van der Waals surface area (Å²) < 4.78 is 20.9. The molecule has 5 aromatic rings. The number of para-hydroxylation sites is 1. The van der Waals surface area contributed by atoms with E-state index in [1.165, 1.54) is 25.1 Å². The molecule has 0 aliphatic carbocycles. The third kappa shape index (κ3) is 5.22. The van der Waals surface area contributed by atoms with Crippen LogP contribution in [0, 0.1) is 12.7 Å². The van der Waals surface area contributed by atoms with Crippen molar-refractivity contribution in [3.05, 3.63) is 120 Å². The predicted molar refractivity (Wildman–Crippen MR) is 145 cm³/mol. The SMILES string of the molecule is CC(=O)Oc1c(-c2ccc(NC(=O)c3cccc(F)c3)cc2)c(-c2ccc(C)cc2)nn1-c1ccccc1. The number of esters is 1.